The van der Waals surface area contributed by atoms with E-state index in [1.54, 1.807) is 0 Å². The van der Waals surface area contributed by atoms with Gasteiger partial charge >= 0.3 is 0 Å². The molecule has 0 N–H and O–H groups in total. The summed E-state index contributed by atoms with van der Waals surface area (Å²) in [6.45, 7) is 5.99. The minimum absolute atomic E-state index is 0.707. The first-order chi connectivity index (χ1) is 4.30. The lowest BCUT2D eigenvalue weighted by Crippen LogP contribution is -2.23. The Balaban J connectivity index is 2.23. The van der Waals surface area contributed by atoms with Crippen LogP contribution in [0.15, 0.2) is 0 Å². The summed E-state index contributed by atoms with van der Waals surface area (Å²) in [6, 6.07) is 0. The summed E-state index contributed by atoms with van der Waals surface area (Å²) in [5.41, 5.74) is 0. The van der Waals surface area contributed by atoms with Gasteiger partial charge in [-0.15, -0.1) is 0 Å². The van der Waals surface area contributed by atoms with Crippen molar-refractivity contribution in [3.63, 3.8) is 0 Å². The molecule has 1 heterocycles. The van der Waals surface area contributed by atoms with Crippen LogP contribution in [0.4, 0.5) is 0 Å². The summed E-state index contributed by atoms with van der Waals surface area (Å²) in [6.07, 6.45) is 1.15. The molecule has 0 aliphatic carbocycles. The molecule has 1 atom stereocenters. The molecule has 0 bridgehead atoms. The van der Waals surface area contributed by atoms with Crippen LogP contribution in [-0.4, -0.2) is 13.2 Å². The average Bonchev–Trinajstić information content (AvgIpc) is 1.90. The van der Waals surface area contributed by atoms with E-state index in [9.17, 15) is 0 Å². The van der Waals surface area contributed by atoms with Crippen molar-refractivity contribution in [2.24, 2.45) is 11.8 Å². The van der Waals surface area contributed by atoms with Crippen LogP contribution >= 0.6 is 0 Å². The normalized spacial score (nSPS) is 29.0. The van der Waals surface area contributed by atoms with Gasteiger partial charge < -0.3 is 0 Å². The molecule has 0 aromatic heterocycles. The van der Waals surface area contributed by atoms with E-state index < -0.39 is 0 Å². The summed E-state index contributed by atoms with van der Waals surface area (Å²) in [5.74, 6) is 1.44. The molecule has 9 heavy (non-hydrogen) atoms. The van der Waals surface area contributed by atoms with Gasteiger partial charge in [0.1, 0.15) is 0 Å². The highest BCUT2D eigenvalue weighted by atomic mass is 17.2. The molecule has 2 heteroatoms. The minimum atomic E-state index is 0.707. The molecule has 1 rings (SSSR count). The highest BCUT2D eigenvalue weighted by molar-refractivity contribution is 4.62. The van der Waals surface area contributed by atoms with Gasteiger partial charge in [-0.3, -0.25) is 0 Å². The molecule has 0 radical (unpaired) electrons. The van der Waals surface area contributed by atoms with E-state index in [-0.39, 0.29) is 0 Å². The molecule has 1 aliphatic heterocycles. The second-order valence-electron chi connectivity index (χ2n) is 2.90. The van der Waals surface area contributed by atoms with Crippen LogP contribution in [0.25, 0.3) is 0 Å². The zero-order valence-electron chi connectivity index (χ0n) is 6.09. The van der Waals surface area contributed by atoms with Crippen molar-refractivity contribution in [3.05, 3.63) is 0 Å². The zero-order chi connectivity index (χ0) is 6.69. The highest BCUT2D eigenvalue weighted by Crippen LogP contribution is 2.18. The molecular formula is C7H14O2. The first-order valence-electron chi connectivity index (χ1n) is 3.55. The Kier molecular flexibility index (Phi) is 2.49. The average molecular weight is 130 g/mol. The van der Waals surface area contributed by atoms with Crippen molar-refractivity contribution in [2.45, 2.75) is 20.3 Å². The molecule has 1 aliphatic rings. The van der Waals surface area contributed by atoms with Gasteiger partial charge in [0.25, 0.3) is 0 Å². The summed E-state index contributed by atoms with van der Waals surface area (Å²) < 4.78 is 0. The molecule has 0 amide bonds. The topological polar surface area (TPSA) is 18.5 Å². The van der Waals surface area contributed by atoms with Gasteiger partial charge in [0.2, 0.25) is 0 Å². The van der Waals surface area contributed by atoms with Gasteiger partial charge in [-0.1, -0.05) is 13.8 Å². The lowest BCUT2D eigenvalue weighted by atomic mass is 9.94. The number of hydrogen-bond donors (Lipinski definition) is 0. The van der Waals surface area contributed by atoms with Crippen molar-refractivity contribution < 1.29 is 9.78 Å². The van der Waals surface area contributed by atoms with Crippen LogP contribution in [-0.2, 0) is 9.78 Å². The molecule has 1 unspecified atom stereocenters. The van der Waals surface area contributed by atoms with Crippen LogP contribution in [0.5, 0.6) is 0 Å². The summed E-state index contributed by atoms with van der Waals surface area (Å²) in [5, 5.41) is 0. The van der Waals surface area contributed by atoms with Gasteiger partial charge in [0.05, 0.1) is 13.2 Å². The third-order valence-corrected chi connectivity index (χ3v) is 1.88. The Hall–Kier alpha value is -0.0800. The van der Waals surface area contributed by atoms with Crippen LogP contribution in [0.2, 0.25) is 0 Å². The van der Waals surface area contributed by atoms with E-state index in [0.717, 1.165) is 25.6 Å². The maximum absolute atomic E-state index is 4.84. The Morgan fingerprint density at radius 2 is 2.11 bits per heavy atom. The smallest absolute Gasteiger partial charge is 0.0853 e. The first kappa shape index (κ1) is 7.03. The fourth-order valence-corrected chi connectivity index (χ4v) is 1.00. The Bertz CT molecular complexity index is 75.0. The SMILES string of the molecule is CC(C)C1CCOOC1. The monoisotopic (exact) mass is 130 g/mol. The predicted molar refractivity (Wildman–Crippen MR) is 34.8 cm³/mol. The Labute approximate surface area is 56.1 Å². The number of rotatable bonds is 1. The van der Waals surface area contributed by atoms with Gasteiger partial charge in [-0.2, -0.15) is 0 Å². The molecule has 54 valence electrons. The van der Waals surface area contributed by atoms with Gasteiger partial charge in [-0.05, 0) is 18.3 Å². The fraction of sp³-hybridized carbons (Fsp3) is 1.00. The predicted octanol–water partition coefficient (Wildman–Crippen LogP) is 1.61. The van der Waals surface area contributed by atoms with E-state index in [1.165, 1.54) is 0 Å². The molecular weight excluding hydrogens is 116 g/mol. The third-order valence-electron chi connectivity index (χ3n) is 1.88. The fourth-order valence-electron chi connectivity index (χ4n) is 1.00. The van der Waals surface area contributed by atoms with Crippen LogP contribution < -0.4 is 0 Å². The second-order valence-corrected chi connectivity index (χ2v) is 2.90. The summed E-state index contributed by atoms with van der Waals surface area (Å²) in [7, 11) is 0. The molecule has 0 aromatic carbocycles. The van der Waals surface area contributed by atoms with Gasteiger partial charge in [-0.25, -0.2) is 9.78 Å². The van der Waals surface area contributed by atoms with Crippen molar-refractivity contribution in [3.8, 4) is 0 Å². The second kappa shape index (κ2) is 3.18. The Morgan fingerprint density at radius 1 is 1.33 bits per heavy atom. The lowest BCUT2D eigenvalue weighted by molar-refractivity contribution is -0.327. The third kappa shape index (κ3) is 1.95. The molecule has 1 fully saturated rings. The van der Waals surface area contributed by atoms with E-state index in [2.05, 4.69) is 13.8 Å². The quantitative estimate of drug-likeness (QED) is 0.502. The van der Waals surface area contributed by atoms with Crippen molar-refractivity contribution in [1.82, 2.24) is 0 Å². The minimum Gasteiger partial charge on any atom is -0.237 e. The van der Waals surface area contributed by atoms with E-state index in [4.69, 9.17) is 9.78 Å². The van der Waals surface area contributed by atoms with Crippen LogP contribution in [0.3, 0.4) is 0 Å². The molecule has 0 spiro atoms. The maximum Gasteiger partial charge on any atom is 0.0853 e. The first-order valence-corrected chi connectivity index (χ1v) is 3.55. The number of hydrogen-bond acceptors (Lipinski definition) is 2. The van der Waals surface area contributed by atoms with Crippen molar-refractivity contribution in [1.29, 1.82) is 0 Å². The zero-order valence-corrected chi connectivity index (χ0v) is 6.09. The van der Waals surface area contributed by atoms with Crippen LogP contribution in [0.1, 0.15) is 20.3 Å². The lowest BCUT2D eigenvalue weighted by Gasteiger charge is -2.23. The maximum atomic E-state index is 4.84. The standard InChI is InChI=1S/C7H14O2/c1-6(2)7-3-4-8-9-5-7/h6-7H,3-5H2,1-2H3. The van der Waals surface area contributed by atoms with Gasteiger partial charge in [0, 0.05) is 0 Å². The molecule has 0 saturated carbocycles. The highest BCUT2D eigenvalue weighted by Gasteiger charge is 2.17. The largest absolute Gasteiger partial charge is 0.237 e. The molecule has 2 nitrogen and oxygen atoms in total. The van der Waals surface area contributed by atoms with Crippen molar-refractivity contribution >= 4 is 0 Å². The van der Waals surface area contributed by atoms with E-state index >= 15 is 0 Å². The molecule has 1 saturated heterocycles. The summed E-state index contributed by atoms with van der Waals surface area (Å²) >= 11 is 0. The van der Waals surface area contributed by atoms with E-state index in [1.807, 2.05) is 0 Å². The Morgan fingerprint density at radius 3 is 2.44 bits per heavy atom. The summed E-state index contributed by atoms with van der Waals surface area (Å²) in [4.78, 5) is 9.59. The van der Waals surface area contributed by atoms with Crippen molar-refractivity contribution in [2.75, 3.05) is 13.2 Å². The van der Waals surface area contributed by atoms with E-state index in [0.29, 0.717) is 5.92 Å². The van der Waals surface area contributed by atoms with Gasteiger partial charge in [0.15, 0.2) is 0 Å². The van der Waals surface area contributed by atoms with Crippen LogP contribution in [0, 0.1) is 11.8 Å². The molecule has 0 aromatic rings.